The molecule has 2 N–H and O–H groups in total. The molecular formula is C24H22Br2N2O4. The minimum Gasteiger partial charge on any atom is -0.483 e. The van der Waals surface area contributed by atoms with Crippen LogP contribution in [0.3, 0.4) is 0 Å². The highest BCUT2D eigenvalue weighted by Gasteiger charge is 2.19. The van der Waals surface area contributed by atoms with Crippen LogP contribution in [0.15, 0.2) is 81.7 Å². The Bertz CT molecular complexity index is 1060. The molecule has 0 bridgehead atoms. The summed E-state index contributed by atoms with van der Waals surface area (Å²) in [6, 6.07) is 22.8. The molecular weight excluding hydrogens is 540 g/mol. The number of halogens is 2. The topological polar surface area (TPSA) is 76.7 Å². The van der Waals surface area contributed by atoms with Gasteiger partial charge in [-0.3, -0.25) is 20.4 Å². The molecule has 32 heavy (non-hydrogen) atoms. The van der Waals surface area contributed by atoms with Gasteiger partial charge in [0.25, 0.3) is 11.8 Å². The third kappa shape index (κ3) is 6.83. The minimum atomic E-state index is -0.751. The zero-order valence-electron chi connectivity index (χ0n) is 17.3. The van der Waals surface area contributed by atoms with Gasteiger partial charge in [-0.05, 0) is 63.8 Å². The van der Waals surface area contributed by atoms with E-state index in [1.165, 1.54) is 0 Å². The van der Waals surface area contributed by atoms with Crippen molar-refractivity contribution < 1.29 is 19.1 Å². The summed E-state index contributed by atoms with van der Waals surface area (Å²) in [5, 5.41) is 0. The standard InChI is InChI=1S/C24H22Br2N2O4/c1-2-21(32-19-11-8-17(9-12-19)16-6-4-3-5-7-16)24(30)28-27-23(29)15-31-22-13-10-18(25)14-20(22)26/h3-14,21H,2,15H2,1H3,(H,27,29)(H,28,30). The smallest absolute Gasteiger partial charge is 0.279 e. The number of rotatable bonds is 8. The van der Waals surface area contributed by atoms with Gasteiger partial charge >= 0.3 is 0 Å². The molecule has 0 saturated carbocycles. The summed E-state index contributed by atoms with van der Waals surface area (Å²) in [5.41, 5.74) is 6.89. The van der Waals surface area contributed by atoms with Crippen LogP contribution in [0.2, 0.25) is 0 Å². The zero-order valence-corrected chi connectivity index (χ0v) is 20.5. The predicted octanol–water partition coefficient (Wildman–Crippen LogP) is 5.26. The van der Waals surface area contributed by atoms with Crippen LogP contribution < -0.4 is 20.3 Å². The Morgan fingerprint density at radius 1 is 0.906 bits per heavy atom. The molecule has 0 aliphatic rings. The Morgan fingerprint density at radius 2 is 1.59 bits per heavy atom. The van der Waals surface area contributed by atoms with Crippen molar-refractivity contribution in [2.45, 2.75) is 19.4 Å². The molecule has 0 aliphatic heterocycles. The van der Waals surface area contributed by atoms with Gasteiger partial charge in [0.1, 0.15) is 11.5 Å². The van der Waals surface area contributed by atoms with Crippen LogP contribution in [0, 0.1) is 0 Å². The molecule has 3 aromatic rings. The number of hydrazine groups is 1. The number of hydrogen-bond donors (Lipinski definition) is 2. The van der Waals surface area contributed by atoms with E-state index in [9.17, 15) is 9.59 Å². The third-order valence-electron chi connectivity index (χ3n) is 4.48. The summed E-state index contributed by atoms with van der Waals surface area (Å²) in [5.74, 6) is 0.151. The maximum Gasteiger partial charge on any atom is 0.279 e. The Morgan fingerprint density at radius 3 is 2.25 bits per heavy atom. The number of carbonyl (C=O) groups is 2. The molecule has 0 aliphatic carbocycles. The maximum absolute atomic E-state index is 12.4. The number of hydrogen-bond acceptors (Lipinski definition) is 4. The zero-order chi connectivity index (χ0) is 22.9. The van der Waals surface area contributed by atoms with Crippen molar-refractivity contribution >= 4 is 43.7 Å². The van der Waals surface area contributed by atoms with Crippen molar-refractivity contribution in [1.82, 2.24) is 10.9 Å². The van der Waals surface area contributed by atoms with Crippen LogP contribution in [0.1, 0.15) is 13.3 Å². The van der Waals surface area contributed by atoms with E-state index >= 15 is 0 Å². The summed E-state index contributed by atoms with van der Waals surface area (Å²) in [4.78, 5) is 24.5. The van der Waals surface area contributed by atoms with Gasteiger partial charge in [0, 0.05) is 4.47 Å². The monoisotopic (exact) mass is 560 g/mol. The second-order valence-electron chi connectivity index (χ2n) is 6.81. The largest absolute Gasteiger partial charge is 0.483 e. The van der Waals surface area contributed by atoms with Crippen molar-refractivity contribution in [3.63, 3.8) is 0 Å². The van der Waals surface area contributed by atoms with E-state index in [-0.39, 0.29) is 6.61 Å². The second kappa shape index (κ2) is 11.7. The summed E-state index contributed by atoms with van der Waals surface area (Å²) in [7, 11) is 0. The number of benzene rings is 3. The summed E-state index contributed by atoms with van der Waals surface area (Å²) in [6.45, 7) is 1.58. The van der Waals surface area contributed by atoms with E-state index in [2.05, 4.69) is 42.7 Å². The quantitative estimate of drug-likeness (QED) is 0.368. The van der Waals surface area contributed by atoms with Crippen LogP contribution in [-0.4, -0.2) is 24.5 Å². The number of amides is 2. The molecule has 8 heteroatoms. The first-order valence-electron chi connectivity index (χ1n) is 9.95. The minimum absolute atomic E-state index is 0.251. The average Bonchev–Trinajstić information content (AvgIpc) is 2.81. The van der Waals surface area contributed by atoms with Gasteiger partial charge in [0.15, 0.2) is 12.7 Å². The van der Waals surface area contributed by atoms with Gasteiger partial charge in [-0.15, -0.1) is 0 Å². The van der Waals surface area contributed by atoms with E-state index in [4.69, 9.17) is 9.47 Å². The summed E-state index contributed by atoms with van der Waals surface area (Å²) < 4.78 is 12.8. The highest BCUT2D eigenvalue weighted by molar-refractivity contribution is 9.11. The molecule has 1 atom stereocenters. The lowest BCUT2D eigenvalue weighted by Crippen LogP contribution is -2.49. The van der Waals surface area contributed by atoms with Crippen LogP contribution in [-0.2, 0) is 9.59 Å². The molecule has 0 aromatic heterocycles. The first-order valence-corrected chi connectivity index (χ1v) is 11.5. The molecule has 1 unspecified atom stereocenters. The van der Waals surface area contributed by atoms with Crippen molar-refractivity contribution in [1.29, 1.82) is 0 Å². The summed E-state index contributed by atoms with van der Waals surface area (Å²) >= 11 is 6.71. The molecule has 0 heterocycles. The van der Waals surface area contributed by atoms with Gasteiger partial charge in [-0.1, -0.05) is 65.3 Å². The van der Waals surface area contributed by atoms with E-state index in [0.29, 0.717) is 22.4 Å². The van der Waals surface area contributed by atoms with Crippen molar-refractivity contribution in [2.75, 3.05) is 6.61 Å². The van der Waals surface area contributed by atoms with Crippen LogP contribution in [0.5, 0.6) is 11.5 Å². The molecule has 0 saturated heterocycles. The number of ether oxygens (including phenoxy) is 2. The van der Waals surface area contributed by atoms with Gasteiger partial charge in [0.2, 0.25) is 0 Å². The van der Waals surface area contributed by atoms with Crippen LogP contribution >= 0.6 is 31.9 Å². The van der Waals surface area contributed by atoms with Crippen molar-refractivity contribution in [3.05, 3.63) is 81.7 Å². The second-order valence-corrected chi connectivity index (χ2v) is 8.58. The average molecular weight is 562 g/mol. The summed E-state index contributed by atoms with van der Waals surface area (Å²) in [6.07, 6.45) is -0.316. The fourth-order valence-corrected chi connectivity index (χ4v) is 3.99. The molecule has 0 radical (unpaired) electrons. The molecule has 3 rings (SSSR count). The van der Waals surface area contributed by atoms with Gasteiger partial charge in [-0.25, -0.2) is 0 Å². The highest BCUT2D eigenvalue weighted by Crippen LogP contribution is 2.28. The van der Waals surface area contributed by atoms with E-state index in [1.807, 2.05) is 67.6 Å². The molecule has 6 nitrogen and oxygen atoms in total. The predicted molar refractivity (Wildman–Crippen MR) is 130 cm³/mol. The third-order valence-corrected chi connectivity index (χ3v) is 5.59. The molecule has 0 fully saturated rings. The Hall–Kier alpha value is -2.84. The molecule has 166 valence electrons. The maximum atomic E-state index is 12.4. The fourth-order valence-electron chi connectivity index (χ4n) is 2.83. The molecule has 2 amide bonds. The van der Waals surface area contributed by atoms with Crippen molar-refractivity contribution in [3.8, 4) is 22.6 Å². The highest BCUT2D eigenvalue weighted by atomic mass is 79.9. The lowest BCUT2D eigenvalue weighted by Gasteiger charge is -2.18. The van der Waals surface area contributed by atoms with Crippen LogP contribution in [0.25, 0.3) is 11.1 Å². The molecule has 0 spiro atoms. The van der Waals surface area contributed by atoms with E-state index in [1.54, 1.807) is 12.1 Å². The normalized spacial score (nSPS) is 11.3. The Balaban J connectivity index is 1.48. The first-order chi connectivity index (χ1) is 15.5. The van der Waals surface area contributed by atoms with E-state index in [0.717, 1.165) is 15.6 Å². The van der Waals surface area contributed by atoms with Crippen LogP contribution in [0.4, 0.5) is 0 Å². The Kier molecular flexibility index (Phi) is 8.70. The fraction of sp³-hybridized carbons (Fsp3) is 0.167. The number of carbonyl (C=O) groups excluding carboxylic acids is 2. The SMILES string of the molecule is CCC(Oc1ccc(-c2ccccc2)cc1)C(=O)NNC(=O)COc1ccc(Br)cc1Br. The van der Waals surface area contributed by atoms with E-state index < -0.39 is 17.9 Å². The number of nitrogens with one attached hydrogen (secondary N) is 2. The van der Waals surface area contributed by atoms with Gasteiger partial charge in [-0.2, -0.15) is 0 Å². The van der Waals surface area contributed by atoms with Gasteiger partial charge in [0.05, 0.1) is 4.47 Å². The van der Waals surface area contributed by atoms with Crippen molar-refractivity contribution in [2.24, 2.45) is 0 Å². The lowest BCUT2D eigenvalue weighted by molar-refractivity contribution is -0.134. The van der Waals surface area contributed by atoms with Gasteiger partial charge < -0.3 is 9.47 Å². The lowest BCUT2D eigenvalue weighted by atomic mass is 10.1. The molecule has 3 aromatic carbocycles. The Labute approximate surface area is 203 Å². The first kappa shape index (κ1) is 23.8.